The third-order valence-corrected chi connectivity index (χ3v) is 7.21. The first-order valence-corrected chi connectivity index (χ1v) is 13.2. The van der Waals surface area contributed by atoms with Crippen molar-refractivity contribution < 1.29 is 23.9 Å². The first-order chi connectivity index (χ1) is 17.6. The summed E-state index contributed by atoms with van der Waals surface area (Å²) in [7, 11) is 0. The number of ether oxygens (including phenoxy) is 2. The van der Waals surface area contributed by atoms with E-state index in [1.54, 1.807) is 12.2 Å². The van der Waals surface area contributed by atoms with Gasteiger partial charge in [0.25, 0.3) is 5.91 Å². The quantitative estimate of drug-likeness (QED) is 0.513. The van der Waals surface area contributed by atoms with E-state index in [1.165, 1.54) is 0 Å². The fraction of sp³-hybridized carbons (Fsp3) is 0.552. The molecule has 2 amide bonds. The van der Waals surface area contributed by atoms with Gasteiger partial charge in [0.15, 0.2) is 0 Å². The molecule has 1 N–H and O–H groups in total. The van der Waals surface area contributed by atoms with Gasteiger partial charge in [-0.05, 0) is 38.7 Å². The number of likely N-dealkylation sites (tertiary alicyclic amines) is 1. The molecule has 3 heterocycles. The van der Waals surface area contributed by atoms with E-state index in [9.17, 15) is 14.4 Å². The molecular formula is C29H39N3O5. The van der Waals surface area contributed by atoms with Crippen LogP contribution in [0.4, 0.5) is 0 Å². The van der Waals surface area contributed by atoms with E-state index in [0.717, 1.165) is 29.9 Å². The number of hydrogen-bond acceptors (Lipinski definition) is 6. The molecule has 1 aromatic rings. The normalized spacial score (nSPS) is 24.6. The highest BCUT2D eigenvalue weighted by atomic mass is 16.5. The zero-order valence-corrected chi connectivity index (χ0v) is 22.5. The van der Waals surface area contributed by atoms with Crippen LogP contribution in [0, 0.1) is 5.92 Å². The lowest BCUT2D eigenvalue weighted by atomic mass is 9.96. The van der Waals surface area contributed by atoms with E-state index in [1.807, 2.05) is 56.0 Å². The van der Waals surface area contributed by atoms with Gasteiger partial charge in [-0.3, -0.25) is 14.4 Å². The van der Waals surface area contributed by atoms with Crippen molar-refractivity contribution in [3.63, 3.8) is 0 Å². The van der Waals surface area contributed by atoms with E-state index in [0.29, 0.717) is 13.1 Å². The Kier molecular flexibility index (Phi) is 7.95. The molecule has 0 aliphatic carbocycles. The van der Waals surface area contributed by atoms with Crippen molar-refractivity contribution in [1.29, 1.82) is 0 Å². The molecule has 3 aliphatic rings. The summed E-state index contributed by atoms with van der Waals surface area (Å²) in [5.41, 5.74) is 1.31. The Morgan fingerprint density at radius 2 is 1.89 bits per heavy atom. The molecule has 3 aliphatic heterocycles. The average Bonchev–Trinajstić information content (AvgIpc) is 3.53. The second kappa shape index (κ2) is 11.0. The van der Waals surface area contributed by atoms with E-state index >= 15 is 0 Å². The van der Waals surface area contributed by atoms with Crippen molar-refractivity contribution in [2.45, 2.75) is 84.2 Å². The first-order valence-electron chi connectivity index (χ1n) is 13.2. The molecular weight excluding hydrogens is 470 g/mol. The summed E-state index contributed by atoms with van der Waals surface area (Å²) < 4.78 is 11.7. The Balaban J connectivity index is 1.41. The third kappa shape index (κ3) is 6.35. The Morgan fingerprint density at radius 3 is 2.57 bits per heavy atom. The number of carbonyl (C=O) groups excluding carboxylic acids is 3. The van der Waals surface area contributed by atoms with Crippen molar-refractivity contribution in [3.8, 4) is 0 Å². The van der Waals surface area contributed by atoms with Crippen molar-refractivity contribution in [2.24, 2.45) is 5.92 Å². The molecule has 37 heavy (non-hydrogen) atoms. The Hall–Kier alpha value is -3.29. The Bertz CT molecular complexity index is 1070. The highest BCUT2D eigenvalue weighted by Gasteiger charge is 2.45. The molecule has 200 valence electrons. The maximum atomic E-state index is 13.2. The van der Waals surface area contributed by atoms with Crippen LogP contribution in [0.5, 0.6) is 0 Å². The molecule has 0 saturated carbocycles. The summed E-state index contributed by atoms with van der Waals surface area (Å²) in [5.74, 6) is 0.387. The van der Waals surface area contributed by atoms with Gasteiger partial charge in [-0.2, -0.15) is 0 Å². The SMILES string of the molecule is CC[C@H](C)[C@H]1C(OC(C)(C)C)=CC(=O)N1[C@H]1CCN(C2=CC(=O)N[C@H]2CC(=O)OCc2ccccc2)C1. The second-order valence-electron chi connectivity index (χ2n) is 11.2. The number of amides is 2. The van der Waals surface area contributed by atoms with Gasteiger partial charge in [0.05, 0.1) is 24.5 Å². The highest BCUT2D eigenvalue weighted by molar-refractivity contribution is 5.93. The highest BCUT2D eigenvalue weighted by Crippen LogP contribution is 2.36. The minimum Gasteiger partial charge on any atom is -0.490 e. The standard InChI is InChI=1S/C29H39N3O5/c1-6-19(2)28-24(37-29(3,4)5)16-26(34)32(28)21-12-13-31(17-21)23-15-25(33)30-22(23)14-27(35)36-18-20-10-8-7-9-11-20/h7-11,15-16,19,21-22,28H,6,12-14,17-18H2,1-5H3,(H,30,33)/t19-,21-,22-,28-/m0/s1. The Morgan fingerprint density at radius 1 is 1.16 bits per heavy atom. The fourth-order valence-electron chi connectivity index (χ4n) is 5.34. The largest absolute Gasteiger partial charge is 0.490 e. The minimum atomic E-state index is -0.438. The summed E-state index contributed by atoms with van der Waals surface area (Å²) >= 11 is 0. The third-order valence-electron chi connectivity index (χ3n) is 7.21. The minimum absolute atomic E-state index is 0.00824. The molecule has 0 aromatic heterocycles. The summed E-state index contributed by atoms with van der Waals surface area (Å²) in [6.45, 7) is 11.8. The molecule has 8 heteroatoms. The average molecular weight is 510 g/mol. The molecule has 1 fully saturated rings. The number of hydrogen-bond donors (Lipinski definition) is 1. The first kappa shape index (κ1) is 26.8. The summed E-state index contributed by atoms with van der Waals surface area (Å²) in [5, 5.41) is 2.89. The van der Waals surface area contributed by atoms with Crippen LogP contribution < -0.4 is 5.32 Å². The Labute approximate surface area is 219 Å². The predicted octanol–water partition coefficient (Wildman–Crippen LogP) is 3.53. The van der Waals surface area contributed by atoms with Gasteiger partial charge in [0.2, 0.25) is 5.91 Å². The van der Waals surface area contributed by atoms with Crippen LogP contribution in [0.2, 0.25) is 0 Å². The van der Waals surface area contributed by atoms with Crippen LogP contribution in [0.1, 0.15) is 59.4 Å². The summed E-state index contributed by atoms with van der Waals surface area (Å²) in [4.78, 5) is 42.1. The molecule has 1 aromatic carbocycles. The number of carbonyl (C=O) groups is 3. The fourth-order valence-corrected chi connectivity index (χ4v) is 5.34. The zero-order valence-electron chi connectivity index (χ0n) is 22.5. The van der Waals surface area contributed by atoms with Crippen molar-refractivity contribution in [2.75, 3.05) is 13.1 Å². The van der Waals surface area contributed by atoms with E-state index in [2.05, 4.69) is 24.1 Å². The number of esters is 1. The maximum Gasteiger partial charge on any atom is 0.308 e. The van der Waals surface area contributed by atoms with Crippen LogP contribution in [0.3, 0.4) is 0 Å². The molecule has 0 unspecified atom stereocenters. The smallest absolute Gasteiger partial charge is 0.308 e. The van der Waals surface area contributed by atoms with Crippen LogP contribution in [-0.4, -0.2) is 64.4 Å². The van der Waals surface area contributed by atoms with Crippen LogP contribution in [0.15, 0.2) is 53.9 Å². The van der Waals surface area contributed by atoms with Gasteiger partial charge < -0.3 is 24.6 Å². The lowest BCUT2D eigenvalue weighted by Gasteiger charge is -2.37. The van der Waals surface area contributed by atoms with Gasteiger partial charge in [0.1, 0.15) is 18.0 Å². The molecule has 1 saturated heterocycles. The van der Waals surface area contributed by atoms with E-state index < -0.39 is 11.6 Å². The number of nitrogens with zero attached hydrogens (tertiary/aromatic N) is 2. The molecule has 4 rings (SSSR count). The van der Waals surface area contributed by atoms with Crippen molar-refractivity contribution in [1.82, 2.24) is 15.1 Å². The topological polar surface area (TPSA) is 88.2 Å². The van der Waals surface area contributed by atoms with E-state index in [-0.39, 0.29) is 48.8 Å². The summed E-state index contributed by atoms with van der Waals surface area (Å²) in [6.07, 6.45) is 4.99. The van der Waals surface area contributed by atoms with Crippen molar-refractivity contribution in [3.05, 3.63) is 59.5 Å². The van der Waals surface area contributed by atoms with Gasteiger partial charge >= 0.3 is 5.97 Å². The molecule has 0 spiro atoms. The van der Waals surface area contributed by atoms with Gasteiger partial charge in [-0.1, -0.05) is 50.6 Å². The summed E-state index contributed by atoms with van der Waals surface area (Å²) in [6, 6.07) is 8.96. The molecule has 8 nitrogen and oxygen atoms in total. The van der Waals surface area contributed by atoms with Crippen LogP contribution >= 0.6 is 0 Å². The van der Waals surface area contributed by atoms with Crippen molar-refractivity contribution >= 4 is 17.8 Å². The number of rotatable bonds is 9. The lowest BCUT2D eigenvalue weighted by Crippen LogP contribution is -2.48. The maximum absolute atomic E-state index is 13.2. The number of benzene rings is 1. The van der Waals surface area contributed by atoms with Gasteiger partial charge in [-0.15, -0.1) is 0 Å². The predicted molar refractivity (Wildman–Crippen MR) is 140 cm³/mol. The lowest BCUT2D eigenvalue weighted by molar-refractivity contribution is -0.145. The van der Waals surface area contributed by atoms with Gasteiger partial charge in [-0.25, -0.2) is 0 Å². The zero-order chi connectivity index (χ0) is 26.7. The molecule has 0 radical (unpaired) electrons. The van der Waals surface area contributed by atoms with Gasteiger partial charge in [0, 0.05) is 30.9 Å². The monoisotopic (exact) mass is 509 g/mol. The molecule has 0 bridgehead atoms. The van der Waals surface area contributed by atoms with Crippen LogP contribution in [-0.2, 0) is 30.5 Å². The van der Waals surface area contributed by atoms with Crippen LogP contribution in [0.25, 0.3) is 0 Å². The van der Waals surface area contributed by atoms with E-state index in [4.69, 9.17) is 9.47 Å². The molecule has 4 atom stereocenters. The second-order valence-corrected chi connectivity index (χ2v) is 11.2. The number of nitrogens with one attached hydrogen (secondary N) is 1.